The van der Waals surface area contributed by atoms with Gasteiger partial charge >= 0.3 is 12.0 Å². The molecule has 1 aliphatic rings. The molecule has 2 N–H and O–H groups in total. The highest BCUT2D eigenvalue weighted by Crippen LogP contribution is 2.23. The number of rotatable bonds is 3. The third-order valence-electron chi connectivity index (χ3n) is 3.50. The van der Waals surface area contributed by atoms with Crippen LogP contribution in [0.25, 0.3) is 0 Å². The molecule has 0 bridgehead atoms. The summed E-state index contributed by atoms with van der Waals surface area (Å²) in [4.78, 5) is 25.0. The normalized spacial score (nSPS) is 16.4. The van der Waals surface area contributed by atoms with Gasteiger partial charge in [0.2, 0.25) is 0 Å². The molecule has 2 amide bonds. The van der Waals surface area contributed by atoms with Gasteiger partial charge in [0.1, 0.15) is 6.04 Å². The highest BCUT2D eigenvalue weighted by atomic mass is 16.4. The standard InChI is InChI=1S/C16H18N2O3/c1-2-3-6-9-17-16(21)18-11-13-8-5-4-7-12(13)10-14(18)15(19)20/h4-5,7-8,14H,6,9-11H2,1H3,(H,17,21)(H,19,20)/t14-/m0/s1. The van der Waals surface area contributed by atoms with Gasteiger partial charge in [0.15, 0.2) is 0 Å². The van der Waals surface area contributed by atoms with Gasteiger partial charge in [-0.05, 0) is 18.1 Å². The van der Waals surface area contributed by atoms with Crippen LogP contribution in [0.2, 0.25) is 0 Å². The zero-order chi connectivity index (χ0) is 15.2. The van der Waals surface area contributed by atoms with Crippen molar-refractivity contribution in [1.82, 2.24) is 10.2 Å². The average Bonchev–Trinajstić information content (AvgIpc) is 2.50. The van der Waals surface area contributed by atoms with Crippen molar-refractivity contribution in [3.8, 4) is 11.8 Å². The minimum atomic E-state index is -0.979. The van der Waals surface area contributed by atoms with E-state index < -0.39 is 12.0 Å². The van der Waals surface area contributed by atoms with Crippen molar-refractivity contribution in [3.05, 3.63) is 35.4 Å². The summed E-state index contributed by atoms with van der Waals surface area (Å²) < 4.78 is 0. The molecule has 0 unspecified atom stereocenters. The van der Waals surface area contributed by atoms with Crippen LogP contribution in [0.4, 0.5) is 4.79 Å². The number of hydrogen-bond acceptors (Lipinski definition) is 2. The van der Waals surface area contributed by atoms with Crippen LogP contribution in [0.1, 0.15) is 24.5 Å². The Bertz CT molecular complexity index is 601. The van der Waals surface area contributed by atoms with Gasteiger partial charge in [-0.25, -0.2) is 9.59 Å². The average molecular weight is 286 g/mol. The smallest absolute Gasteiger partial charge is 0.326 e. The molecule has 0 fully saturated rings. The number of nitrogens with one attached hydrogen (secondary N) is 1. The lowest BCUT2D eigenvalue weighted by Gasteiger charge is -2.34. The Kier molecular flexibility index (Phi) is 4.83. The van der Waals surface area contributed by atoms with Crippen molar-refractivity contribution in [1.29, 1.82) is 0 Å². The van der Waals surface area contributed by atoms with Gasteiger partial charge in [-0.2, -0.15) is 0 Å². The minimum absolute atomic E-state index is 0.318. The fraction of sp³-hybridized carbons (Fsp3) is 0.375. The van der Waals surface area contributed by atoms with E-state index in [2.05, 4.69) is 17.2 Å². The third kappa shape index (κ3) is 3.54. The summed E-state index contributed by atoms with van der Waals surface area (Å²) in [6.45, 7) is 2.48. The van der Waals surface area contributed by atoms with Gasteiger partial charge in [-0.1, -0.05) is 24.3 Å². The predicted octanol–water partition coefficient (Wildman–Crippen LogP) is 1.62. The van der Waals surface area contributed by atoms with Gasteiger partial charge < -0.3 is 15.3 Å². The van der Waals surface area contributed by atoms with E-state index in [-0.39, 0.29) is 6.03 Å². The molecule has 21 heavy (non-hydrogen) atoms. The van der Waals surface area contributed by atoms with E-state index in [1.807, 2.05) is 24.3 Å². The molecule has 0 saturated heterocycles. The van der Waals surface area contributed by atoms with Gasteiger partial charge in [0, 0.05) is 25.9 Å². The molecule has 1 aromatic rings. The maximum Gasteiger partial charge on any atom is 0.326 e. The quantitative estimate of drug-likeness (QED) is 0.655. The van der Waals surface area contributed by atoms with Crippen molar-refractivity contribution in [2.45, 2.75) is 32.4 Å². The van der Waals surface area contributed by atoms with Crippen molar-refractivity contribution >= 4 is 12.0 Å². The first kappa shape index (κ1) is 14.9. The predicted molar refractivity (Wildman–Crippen MR) is 78.6 cm³/mol. The summed E-state index contributed by atoms with van der Waals surface area (Å²) in [6.07, 6.45) is 0.901. The first-order valence-corrected chi connectivity index (χ1v) is 6.87. The Morgan fingerprint density at radius 3 is 2.76 bits per heavy atom. The highest BCUT2D eigenvalue weighted by Gasteiger charge is 2.34. The Morgan fingerprint density at radius 2 is 2.10 bits per heavy atom. The van der Waals surface area contributed by atoms with Crippen molar-refractivity contribution < 1.29 is 14.7 Å². The van der Waals surface area contributed by atoms with E-state index in [1.165, 1.54) is 4.90 Å². The van der Waals surface area contributed by atoms with Gasteiger partial charge in [0.25, 0.3) is 0 Å². The van der Waals surface area contributed by atoms with E-state index in [1.54, 1.807) is 6.92 Å². The minimum Gasteiger partial charge on any atom is -0.480 e. The molecule has 5 nitrogen and oxygen atoms in total. The largest absolute Gasteiger partial charge is 0.480 e. The topological polar surface area (TPSA) is 69.6 Å². The molecule has 0 aliphatic carbocycles. The van der Waals surface area contributed by atoms with Crippen LogP contribution in [0.15, 0.2) is 24.3 Å². The molecule has 5 heteroatoms. The van der Waals surface area contributed by atoms with Crippen LogP contribution in [0.3, 0.4) is 0 Å². The molecule has 0 saturated carbocycles. The second-order valence-electron chi connectivity index (χ2n) is 4.86. The molecular weight excluding hydrogens is 268 g/mol. The first-order chi connectivity index (χ1) is 10.1. The van der Waals surface area contributed by atoms with Crippen LogP contribution in [-0.2, 0) is 17.8 Å². The first-order valence-electron chi connectivity index (χ1n) is 6.87. The van der Waals surface area contributed by atoms with Crippen LogP contribution < -0.4 is 5.32 Å². The number of carbonyl (C=O) groups excluding carboxylic acids is 1. The highest BCUT2D eigenvalue weighted by molar-refractivity contribution is 5.83. The van der Waals surface area contributed by atoms with Crippen LogP contribution >= 0.6 is 0 Å². The van der Waals surface area contributed by atoms with E-state index in [0.29, 0.717) is 25.9 Å². The summed E-state index contributed by atoms with van der Waals surface area (Å²) in [6, 6.07) is 6.45. The number of hydrogen-bond donors (Lipinski definition) is 2. The molecule has 0 spiro atoms. The monoisotopic (exact) mass is 286 g/mol. The van der Waals surface area contributed by atoms with Crippen molar-refractivity contribution in [2.24, 2.45) is 0 Å². The number of carbonyl (C=O) groups is 2. The molecule has 1 aromatic carbocycles. The van der Waals surface area contributed by atoms with E-state index in [9.17, 15) is 14.7 Å². The lowest BCUT2D eigenvalue weighted by molar-refractivity contribution is -0.142. The maximum atomic E-state index is 12.2. The number of urea groups is 1. The second kappa shape index (κ2) is 6.80. The van der Waals surface area contributed by atoms with Crippen molar-refractivity contribution in [2.75, 3.05) is 6.54 Å². The van der Waals surface area contributed by atoms with Crippen LogP contribution in [-0.4, -0.2) is 34.6 Å². The number of carboxylic acids is 1. The van der Waals surface area contributed by atoms with Crippen molar-refractivity contribution in [3.63, 3.8) is 0 Å². The Hall–Kier alpha value is -2.48. The summed E-state index contributed by atoms with van der Waals surface area (Å²) in [7, 11) is 0. The van der Waals surface area contributed by atoms with E-state index in [0.717, 1.165) is 11.1 Å². The lowest BCUT2D eigenvalue weighted by atomic mass is 9.94. The molecule has 0 radical (unpaired) electrons. The Balaban J connectivity index is 2.10. The maximum absolute atomic E-state index is 12.2. The van der Waals surface area contributed by atoms with Crippen LogP contribution in [0.5, 0.6) is 0 Å². The third-order valence-corrected chi connectivity index (χ3v) is 3.50. The molecular formula is C16H18N2O3. The Morgan fingerprint density at radius 1 is 1.38 bits per heavy atom. The molecule has 1 atom stereocenters. The lowest BCUT2D eigenvalue weighted by Crippen LogP contribution is -2.52. The summed E-state index contributed by atoms with van der Waals surface area (Å²) in [5, 5.41) is 12.1. The summed E-state index contributed by atoms with van der Waals surface area (Å²) in [5.74, 6) is 4.63. The second-order valence-corrected chi connectivity index (χ2v) is 4.86. The Labute approximate surface area is 124 Å². The number of amides is 2. The molecule has 2 rings (SSSR count). The fourth-order valence-corrected chi connectivity index (χ4v) is 2.42. The molecule has 110 valence electrons. The van der Waals surface area contributed by atoms with Crippen LogP contribution in [0, 0.1) is 11.8 Å². The number of nitrogens with zero attached hydrogens (tertiary/aromatic N) is 1. The zero-order valence-corrected chi connectivity index (χ0v) is 11.9. The van der Waals surface area contributed by atoms with E-state index in [4.69, 9.17) is 0 Å². The summed E-state index contributed by atoms with van der Waals surface area (Å²) >= 11 is 0. The fourth-order valence-electron chi connectivity index (χ4n) is 2.42. The number of aliphatic carboxylic acids is 1. The zero-order valence-electron chi connectivity index (χ0n) is 11.9. The number of carboxylic acid groups (broad SMARTS) is 1. The molecule has 1 heterocycles. The SMILES string of the molecule is CC#CCCNC(=O)N1Cc2ccccc2C[C@H]1C(=O)O. The molecule has 1 aliphatic heterocycles. The van der Waals surface area contributed by atoms with E-state index >= 15 is 0 Å². The van der Waals surface area contributed by atoms with Gasteiger partial charge in [-0.3, -0.25) is 0 Å². The number of benzene rings is 1. The summed E-state index contributed by atoms with van der Waals surface area (Å²) in [5.41, 5.74) is 1.99. The number of fused-ring (bicyclic) bond motifs is 1. The molecule has 0 aromatic heterocycles. The van der Waals surface area contributed by atoms with Gasteiger partial charge in [0.05, 0.1) is 0 Å². The van der Waals surface area contributed by atoms with Gasteiger partial charge in [-0.15, -0.1) is 11.8 Å².